The molecule has 0 saturated heterocycles. The van der Waals surface area contributed by atoms with Crippen LogP contribution in [0.25, 0.3) is 22.4 Å². The van der Waals surface area contributed by atoms with E-state index in [9.17, 15) is 10.1 Å². The Morgan fingerprint density at radius 3 is 2.86 bits per heavy atom. The zero-order valence-corrected chi connectivity index (χ0v) is 12.1. The number of thiazole rings is 1. The molecule has 2 aromatic carbocycles. The second-order valence-electron chi connectivity index (χ2n) is 4.71. The number of aromatic nitrogens is 1. The van der Waals surface area contributed by atoms with Crippen molar-refractivity contribution in [3.8, 4) is 0 Å². The van der Waals surface area contributed by atoms with Gasteiger partial charge in [-0.15, -0.1) is 11.3 Å². The van der Waals surface area contributed by atoms with Gasteiger partial charge in [0.25, 0.3) is 5.69 Å². The summed E-state index contributed by atoms with van der Waals surface area (Å²) in [7, 11) is 0. The Morgan fingerprint density at radius 1 is 1.19 bits per heavy atom. The van der Waals surface area contributed by atoms with Crippen molar-refractivity contribution in [1.29, 1.82) is 0 Å². The van der Waals surface area contributed by atoms with Crippen LogP contribution in [-0.4, -0.2) is 9.91 Å². The molecule has 21 heavy (non-hydrogen) atoms. The number of hydrogen-bond donors (Lipinski definition) is 0. The molecule has 0 bridgehead atoms. The maximum atomic E-state index is 10.7. The van der Waals surface area contributed by atoms with Crippen LogP contribution >= 0.6 is 11.3 Å². The van der Waals surface area contributed by atoms with Gasteiger partial charge in [0.2, 0.25) is 0 Å². The molecule has 0 saturated carbocycles. The summed E-state index contributed by atoms with van der Waals surface area (Å²) in [6.07, 6.45) is 3.73. The lowest BCUT2D eigenvalue weighted by atomic mass is 10.2. The summed E-state index contributed by atoms with van der Waals surface area (Å²) in [4.78, 5) is 14.9. The zero-order valence-electron chi connectivity index (χ0n) is 11.3. The molecule has 0 aliphatic carbocycles. The second kappa shape index (κ2) is 5.46. The molecule has 0 aliphatic rings. The van der Waals surface area contributed by atoms with E-state index in [4.69, 9.17) is 0 Å². The highest BCUT2D eigenvalue weighted by atomic mass is 32.1. The normalized spacial score (nSPS) is 11.3. The summed E-state index contributed by atoms with van der Waals surface area (Å²) >= 11 is 1.60. The molecule has 0 aliphatic heterocycles. The van der Waals surface area contributed by atoms with E-state index in [-0.39, 0.29) is 5.69 Å². The molecule has 0 amide bonds. The zero-order chi connectivity index (χ0) is 14.8. The molecule has 5 heteroatoms. The lowest BCUT2D eigenvalue weighted by Gasteiger charge is -1.93. The predicted octanol–water partition coefficient (Wildman–Crippen LogP) is 4.68. The Morgan fingerprint density at radius 2 is 2.05 bits per heavy atom. The number of benzene rings is 2. The molecule has 4 nitrogen and oxygen atoms in total. The monoisotopic (exact) mass is 296 g/mol. The molecule has 0 spiro atoms. The third kappa shape index (κ3) is 2.98. The molecule has 104 valence electrons. The maximum Gasteiger partial charge on any atom is 0.270 e. The summed E-state index contributed by atoms with van der Waals surface area (Å²) in [5.41, 5.74) is 3.05. The molecular formula is C16H12N2O2S. The standard InChI is InChI=1S/C16H12N2O2S/c1-11-5-7-15-14(9-11)17-16(21-15)8-6-12-3-2-4-13(10-12)18(19)20/h2-10H,1H3. The predicted molar refractivity (Wildman–Crippen MR) is 86.4 cm³/mol. The van der Waals surface area contributed by atoms with Gasteiger partial charge in [-0.1, -0.05) is 24.3 Å². The van der Waals surface area contributed by atoms with Crippen LogP contribution in [0.5, 0.6) is 0 Å². The van der Waals surface area contributed by atoms with Crippen LogP contribution in [0.1, 0.15) is 16.1 Å². The van der Waals surface area contributed by atoms with E-state index < -0.39 is 4.92 Å². The first kappa shape index (κ1) is 13.5. The fourth-order valence-electron chi connectivity index (χ4n) is 2.04. The van der Waals surface area contributed by atoms with Gasteiger partial charge in [-0.3, -0.25) is 10.1 Å². The molecular weight excluding hydrogens is 284 g/mol. The van der Waals surface area contributed by atoms with Crippen molar-refractivity contribution >= 4 is 39.4 Å². The molecule has 0 fully saturated rings. The first-order chi connectivity index (χ1) is 10.1. The van der Waals surface area contributed by atoms with Crippen molar-refractivity contribution in [2.75, 3.05) is 0 Å². The fourth-order valence-corrected chi connectivity index (χ4v) is 2.89. The van der Waals surface area contributed by atoms with Crippen molar-refractivity contribution < 1.29 is 4.92 Å². The van der Waals surface area contributed by atoms with E-state index in [2.05, 4.69) is 23.2 Å². The van der Waals surface area contributed by atoms with Gasteiger partial charge in [0.05, 0.1) is 15.1 Å². The second-order valence-corrected chi connectivity index (χ2v) is 5.77. The number of nitrogens with zero attached hydrogens (tertiary/aromatic N) is 2. The summed E-state index contributed by atoms with van der Waals surface area (Å²) in [5, 5.41) is 11.6. The van der Waals surface area contributed by atoms with E-state index in [1.807, 2.05) is 25.1 Å². The van der Waals surface area contributed by atoms with E-state index in [1.165, 1.54) is 11.6 Å². The maximum absolute atomic E-state index is 10.7. The number of nitro groups is 1. The highest BCUT2D eigenvalue weighted by Crippen LogP contribution is 2.24. The summed E-state index contributed by atoms with van der Waals surface area (Å²) in [6, 6.07) is 12.7. The van der Waals surface area contributed by atoms with Crippen molar-refractivity contribution in [2.45, 2.75) is 6.92 Å². The lowest BCUT2D eigenvalue weighted by molar-refractivity contribution is -0.384. The summed E-state index contributed by atoms with van der Waals surface area (Å²) in [6.45, 7) is 2.04. The fraction of sp³-hybridized carbons (Fsp3) is 0.0625. The molecule has 0 unspecified atom stereocenters. The SMILES string of the molecule is Cc1ccc2sc(C=Cc3cccc([N+](=O)[O-])c3)nc2c1. The lowest BCUT2D eigenvalue weighted by Crippen LogP contribution is -1.87. The van der Waals surface area contributed by atoms with Crippen molar-refractivity contribution in [3.05, 3.63) is 68.7 Å². The molecule has 3 aromatic rings. The van der Waals surface area contributed by atoms with Gasteiger partial charge in [-0.2, -0.15) is 0 Å². The van der Waals surface area contributed by atoms with Gasteiger partial charge in [0.15, 0.2) is 0 Å². The summed E-state index contributed by atoms with van der Waals surface area (Å²) in [5.74, 6) is 0. The quantitative estimate of drug-likeness (QED) is 0.520. The highest BCUT2D eigenvalue weighted by molar-refractivity contribution is 7.19. The number of nitro benzene ring substituents is 1. The van der Waals surface area contributed by atoms with Crippen LogP contribution in [0.15, 0.2) is 42.5 Å². The van der Waals surface area contributed by atoms with E-state index in [0.717, 1.165) is 20.8 Å². The van der Waals surface area contributed by atoms with Crippen LogP contribution in [0, 0.1) is 17.0 Å². The van der Waals surface area contributed by atoms with Gasteiger partial charge in [-0.05, 0) is 36.3 Å². The number of aryl methyl sites for hydroxylation is 1. The minimum atomic E-state index is -0.391. The number of rotatable bonds is 3. The van der Waals surface area contributed by atoms with Crippen LogP contribution in [0.4, 0.5) is 5.69 Å². The minimum Gasteiger partial charge on any atom is -0.258 e. The van der Waals surface area contributed by atoms with Gasteiger partial charge < -0.3 is 0 Å². The molecule has 0 atom stereocenters. The Balaban J connectivity index is 1.90. The molecule has 0 N–H and O–H groups in total. The van der Waals surface area contributed by atoms with Crippen LogP contribution in [-0.2, 0) is 0 Å². The molecule has 1 heterocycles. The first-order valence-electron chi connectivity index (χ1n) is 6.41. The number of non-ortho nitro benzene ring substituents is 1. The number of fused-ring (bicyclic) bond motifs is 1. The van der Waals surface area contributed by atoms with Gasteiger partial charge in [0.1, 0.15) is 5.01 Å². The topological polar surface area (TPSA) is 56.0 Å². The van der Waals surface area contributed by atoms with Crippen molar-refractivity contribution in [2.24, 2.45) is 0 Å². The van der Waals surface area contributed by atoms with E-state index >= 15 is 0 Å². The Hall–Kier alpha value is -2.53. The molecule has 1 aromatic heterocycles. The van der Waals surface area contributed by atoms with Crippen molar-refractivity contribution in [1.82, 2.24) is 4.98 Å². The first-order valence-corrected chi connectivity index (χ1v) is 7.23. The third-order valence-corrected chi connectivity index (χ3v) is 4.06. The Labute approximate surface area is 125 Å². The summed E-state index contributed by atoms with van der Waals surface area (Å²) < 4.78 is 1.14. The van der Waals surface area contributed by atoms with E-state index in [1.54, 1.807) is 23.5 Å². The van der Waals surface area contributed by atoms with Crippen molar-refractivity contribution in [3.63, 3.8) is 0 Å². The Kier molecular flexibility index (Phi) is 3.50. The average molecular weight is 296 g/mol. The number of hydrogen-bond acceptors (Lipinski definition) is 4. The Bertz CT molecular complexity index is 852. The largest absolute Gasteiger partial charge is 0.270 e. The van der Waals surface area contributed by atoms with Crippen LogP contribution in [0.3, 0.4) is 0 Å². The van der Waals surface area contributed by atoms with Crippen LogP contribution in [0.2, 0.25) is 0 Å². The van der Waals surface area contributed by atoms with E-state index in [0.29, 0.717) is 0 Å². The van der Waals surface area contributed by atoms with Crippen LogP contribution < -0.4 is 0 Å². The minimum absolute atomic E-state index is 0.0945. The molecule has 3 rings (SSSR count). The van der Waals surface area contributed by atoms with Gasteiger partial charge >= 0.3 is 0 Å². The van der Waals surface area contributed by atoms with Gasteiger partial charge in [-0.25, -0.2) is 4.98 Å². The average Bonchev–Trinajstić information content (AvgIpc) is 2.87. The smallest absolute Gasteiger partial charge is 0.258 e. The van der Waals surface area contributed by atoms with Gasteiger partial charge in [0, 0.05) is 12.1 Å². The highest BCUT2D eigenvalue weighted by Gasteiger charge is 2.04. The third-order valence-electron chi connectivity index (χ3n) is 3.06. The molecule has 0 radical (unpaired) electrons.